The maximum absolute atomic E-state index is 13.0. The molecule has 3 heterocycles. The number of hydrogen-bond acceptors (Lipinski definition) is 9. The predicted molar refractivity (Wildman–Crippen MR) is 125 cm³/mol. The lowest BCUT2D eigenvalue weighted by Gasteiger charge is -2.11. The van der Waals surface area contributed by atoms with Crippen LogP contribution in [0.4, 0.5) is 24.8 Å². The molecule has 1 atom stereocenters. The zero-order chi connectivity index (χ0) is 26.5. The van der Waals surface area contributed by atoms with E-state index in [-0.39, 0.29) is 41.1 Å². The summed E-state index contributed by atoms with van der Waals surface area (Å²) in [5, 5.41) is 7.16. The van der Waals surface area contributed by atoms with Gasteiger partial charge in [-0.25, -0.2) is 19.9 Å². The van der Waals surface area contributed by atoms with E-state index in [0.29, 0.717) is 11.1 Å². The third-order valence-corrected chi connectivity index (χ3v) is 5.89. The summed E-state index contributed by atoms with van der Waals surface area (Å²) in [5.74, 6) is -1.92. The quantitative estimate of drug-likeness (QED) is 0.337. The molecule has 0 aromatic carbocycles. The van der Waals surface area contributed by atoms with Crippen LogP contribution < -0.4 is 21.7 Å². The molecule has 16 heteroatoms. The van der Waals surface area contributed by atoms with Crippen LogP contribution in [0.15, 0.2) is 30.9 Å². The van der Waals surface area contributed by atoms with Gasteiger partial charge in [0.05, 0.1) is 22.8 Å². The number of hydrogen-bond donors (Lipinski definition) is 4. The Hall–Kier alpha value is -3.69. The number of rotatable bonds is 8. The predicted octanol–water partition coefficient (Wildman–Crippen LogP) is 3.03. The third-order valence-electron chi connectivity index (χ3n) is 4.41. The Morgan fingerprint density at radius 3 is 2.47 bits per heavy atom. The van der Waals surface area contributed by atoms with Crippen molar-refractivity contribution in [3.63, 3.8) is 0 Å². The molecule has 190 valence electrons. The van der Waals surface area contributed by atoms with Gasteiger partial charge >= 0.3 is 6.18 Å². The molecule has 1 unspecified atom stereocenters. The molecule has 0 fully saturated rings. The van der Waals surface area contributed by atoms with E-state index in [4.69, 9.17) is 17.3 Å². The van der Waals surface area contributed by atoms with E-state index in [1.807, 2.05) is 0 Å². The number of nitrogens with one attached hydrogen (secondary N) is 3. The Kier molecular flexibility index (Phi) is 8.49. The second kappa shape index (κ2) is 11.4. The lowest BCUT2D eigenvalue weighted by atomic mass is 10.2. The number of nitrogens with zero attached hydrogens (tertiary/aromatic N) is 4. The summed E-state index contributed by atoms with van der Waals surface area (Å²) >= 11 is 6.45. The van der Waals surface area contributed by atoms with E-state index in [9.17, 15) is 27.6 Å². The lowest BCUT2D eigenvalue weighted by molar-refractivity contribution is -0.137. The Labute approximate surface area is 210 Å². The van der Waals surface area contributed by atoms with E-state index in [0.717, 1.165) is 23.9 Å². The van der Waals surface area contributed by atoms with Crippen molar-refractivity contribution in [3.8, 4) is 0 Å². The van der Waals surface area contributed by atoms with Crippen molar-refractivity contribution in [1.82, 2.24) is 25.3 Å². The van der Waals surface area contributed by atoms with Crippen LogP contribution in [0.5, 0.6) is 0 Å². The summed E-state index contributed by atoms with van der Waals surface area (Å²) in [5.41, 5.74) is 4.16. The highest BCUT2D eigenvalue weighted by molar-refractivity contribution is 7.13. The van der Waals surface area contributed by atoms with Crippen molar-refractivity contribution in [2.24, 2.45) is 5.73 Å². The molecule has 0 aliphatic rings. The Morgan fingerprint density at radius 2 is 1.78 bits per heavy atom. The number of pyridine rings is 1. The lowest BCUT2D eigenvalue weighted by Crippen LogP contribution is -2.27. The average molecular weight is 543 g/mol. The van der Waals surface area contributed by atoms with Crippen molar-refractivity contribution in [3.05, 3.63) is 57.0 Å². The molecule has 0 bridgehead atoms. The highest BCUT2D eigenvalue weighted by atomic mass is 35.5. The fourth-order valence-corrected chi connectivity index (χ4v) is 3.74. The molecule has 36 heavy (non-hydrogen) atoms. The number of alkyl halides is 3. The average Bonchev–Trinajstić information content (AvgIpc) is 3.30. The van der Waals surface area contributed by atoms with Gasteiger partial charge in [-0.15, -0.1) is 11.3 Å². The molecule has 11 nitrogen and oxygen atoms in total. The second-order valence-corrected chi connectivity index (χ2v) is 8.60. The minimum absolute atomic E-state index is 0.0243. The standard InChI is InChI=1S/C20H18ClF3N8O3S/c1-9(30-17(34)12-5-15(29-8-28-12)31-16(33)2-3-25)19-27-7-13(36-19)18(35)32-14-4-10(20(22,23)24)11(21)6-26-14/h4-9H,2-3,25H2,1H3,(H,30,34)(H,26,32,35)(H,28,29,31,33). The molecule has 0 saturated heterocycles. The molecule has 3 rings (SSSR count). The molecule has 3 aromatic rings. The zero-order valence-corrected chi connectivity index (χ0v) is 20.0. The summed E-state index contributed by atoms with van der Waals surface area (Å²) in [6.45, 7) is 1.76. The van der Waals surface area contributed by atoms with Crippen molar-refractivity contribution < 1.29 is 27.6 Å². The van der Waals surface area contributed by atoms with Gasteiger partial charge in [0.25, 0.3) is 11.8 Å². The van der Waals surface area contributed by atoms with Gasteiger partial charge in [-0.1, -0.05) is 11.6 Å². The van der Waals surface area contributed by atoms with Crippen LogP contribution in [0.3, 0.4) is 0 Å². The molecule has 0 spiro atoms. The smallest absolute Gasteiger partial charge is 0.342 e. The molecule has 0 saturated carbocycles. The zero-order valence-electron chi connectivity index (χ0n) is 18.4. The van der Waals surface area contributed by atoms with Gasteiger partial charge in [0, 0.05) is 25.2 Å². The number of amides is 3. The minimum atomic E-state index is -4.72. The molecular formula is C20H18ClF3N8O3S. The Morgan fingerprint density at radius 1 is 1.06 bits per heavy atom. The second-order valence-electron chi connectivity index (χ2n) is 7.13. The minimum Gasteiger partial charge on any atom is -0.342 e. The highest BCUT2D eigenvalue weighted by Crippen LogP contribution is 2.35. The van der Waals surface area contributed by atoms with Gasteiger partial charge in [0.1, 0.15) is 33.5 Å². The third kappa shape index (κ3) is 6.93. The summed E-state index contributed by atoms with van der Waals surface area (Å²) in [6, 6.07) is 1.25. The van der Waals surface area contributed by atoms with E-state index in [1.165, 1.54) is 12.3 Å². The van der Waals surface area contributed by atoms with Gasteiger partial charge in [-0.3, -0.25) is 14.4 Å². The number of aromatic nitrogens is 4. The van der Waals surface area contributed by atoms with Crippen LogP contribution in [0.2, 0.25) is 5.02 Å². The van der Waals surface area contributed by atoms with Gasteiger partial charge in [0.15, 0.2) is 0 Å². The molecule has 0 aliphatic heterocycles. The van der Waals surface area contributed by atoms with E-state index < -0.39 is 34.6 Å². The Balaban J connectivity index is 1.65. The Bertz CT molecular complexity index is 1290. The summed E-state index contributed by atoms with van der Waals surface area (Å²) in [4.78, 5) is 52.3. The molecule has 0 aliphatic carbocycles. The van der Waals surface area contributed by atoms with Crippen molar-refractivity contribution >= 4 is 52.3 Å². The van der Waals surface area contributed by atoms with Crippen LogP contribution in [0.1, 0.15) is 50.1 Å². The van der Waals surface area contributed by atoms with Crippen LogP contribution in [0.25, 0.3) is 0 Å². The molecule has 3 amide bonds. The van der Waals surface area contributed by atoms with Crippen molar-refractivity contribution in [1.29, 1.82) is 0 Å². The molecular weight excluding hydrogens is 525 g/mol. The van der Waals surface area contributed by atoms with Crippen molar-refractivity contribution in [2.45, 2.75) is 25.6 Å². The fraction of sp³-hybridized carbons (Fsp3) is 0.250. The van der Waals surface area contributed by atoms with E-state index >= 15 is 0 Å². The van der Waals surface area contributed by atoms with E-state index in [2.05, 4.69) is 35.9 Å². The van der Waals surface area contributed by atoms with Gasteiger partial charge < -0.3 is 21.7 Å². The van der Waals surface area contributed by atoms with Gasteiger partial charge in [-0.05, 0) is 13.0 Å². The fourth-order valence-electron chi connectivity index (χ4n) is 2.71. The normalized spacial score (nSPS) is 12.1. The summed E-state index contributed by atoms with van der Waals surface area (Å²) in [7, 11) is 0. The number of carbonyl (C=O) groups is 3. The van der Waals surface area contributed by atoms with Gasteiger partial charge in [0.2, 0.25) is 5.91 Å². The topological polar surface area (TPSA) is 165 Å². The number of anilines is 2. The van der Waals surface area contributed by atoms with Crippen molar-refractivity contribution in [2.75, 3.05) is 17.2 Å². The maximum atomic E-state index is 13.0. The summed E-state index contributed by atoms with van der Waals surface area (Å²) in [6.07, 6.45) is -1.52. The number of carbonyl (C=O) groups excluding carboxylic acids is 3. The number of halogens is 4. The van der Waals surface area contributed by atoms with Crippen LogP contribution in [-0.4, -0.2) is 44.2 Å². The molecule has 3 aromatic heterocycles. The van der Waals surface area contributed by atoms with Crippen LogP contribution in [-0.2, 0) is 11.0 Å². The first-order chi connectivity index (χ1) is 17.0. The number of nitrogens with two attached hydrogens (primary N) is 1. The first-order valence-electron chi connectivity index (χ1n) is 10.1. The number of thiazole rings is 1. The first kappa shape index (κ1) is 26.9. The maximum Gasteiger partial charge on any atom is 0.418 e. The monoisotopic (exact) mass is 542 g/mol. The molecule has 0 radical (unpaired) electrons. The first-order valence-corrected chi connectivity index (χ1v) is 11.3. The van der Waals surface area contributed by atoms with Crippen LogP contribution in [0, 0.1) is 0 Å². The van der Waals surface area contributed by atoms with Gasteiger partial charge in [-0.2, -0.15) is 13.2 Å². The van der Waals surface area contributed by atoms with E-state index in [1.54, 1.807) is 6.92 Å². The SMILES string of the molecule is CC(NC(=O)c1cc(NC(=O)CCN)ncn1)c1ncc(C(=O)Nc2cc(C(F)(F)F)c(Cl)cn2)s1. The largest absolute Gasteiger partial charge is 0.418 e. The highest BCUT2D eigenvalue weighted by Gasteiger charge is 2.34. The molecule has 5 N–H and O–H groups in total. The summed E-state index contributed by atoms with van der Waals surface area (Å²) < 4.78 is 39.1. The van der Waals surface area contributed by atoms with Crippen LogP contribution >= 0.6 is 22.9 Å².